The van der Waals surface area contributed by atoms with Crippen LogP contribution in [0.15, 0.2) is 59.2 Å². The highest BCUT2D eigenvalue weighted by Crippen LogP contribution is 2.30. The van der Waals surface area contributed by atoms with Crippen LogP contribution in [0.3, 0.4) is 0 Å². The Morgan fingerprint density at radius 3 is 2.60 bits per heavy atom. The highest BCUT2D eigenvalue weighted by molar-refractivity contribution is 6.01. The van der Waals surface area contributed by atoms with E-state index in [1.54, 1.807) is 0 Å². The Balaban J connectivity index is 1.60. The molecule has 0 aliphatic heterocycles. The van der Waals surface area contributed by atoms with Crippen molar-refractivity contribution in [1.82, 2.24) is 9.78 Å². The number of nitrogens with one attached hydrogen (secondary N) is 1. The van der Waals surface area contributed by atoms with Crippen LogP contribution in [0.25, 0.3) is 6.08 Å². The molecule has 0 spiro atoms. The van der Waals surface area contributed by atoms with Crippen LogP contribution in [0.1, 0.15) is 29.6 Å². The van der Waals surface area contributed by atoms with E-state index >= 15 is 0 Å². The molecule has 0 saturated heterocycles. The average molecular weight is 425 g/mol. The van der Waals surface area contributed by atoms with E-state index in [1.165, 1.54) is 47.3 Å². The van der Waals surface area contributed by atoms with Crippen molar-refractivity contribution >= 4 is 17.8 Å². The van der Waals surface area contributed by atoms with Gasteiger partial charge in [-0.15, -0.1) is 0 Å². The molecule has 3 aromatic rings. The van der Waals surface area contributed by atoms with E-state index in [0.29, 0.717) is 0 Å². The normalized spacial score (nSPS) is 12.5. The molecule has 2 heterocycles. The summed E-state index contributed by atoms with van der Waals surface area (Å²) >= 11 is 0. The van der Waals surface area contributed by atoms with Gasteiger partial charge < -0.3 is 9.73 Å². The molecular weight excluding hydrogens is 409 g/mol. The lowest BCUT2D eigenvalue weighted by atomic mass is 10.1. The monoisotopic (exact) mass is 425 g/mol. The average Bonchev–Trinajstić information content (AvgIpc) is 3.29. The third-order valence-corrected chi connectivity index (χ3v) is 3.95. The van der Waals surface area contributed by atoms with Gasteiger partial charge in [0.15, 0.2) is 11.6 Å². The van der Waals surface area contributed by atoms with Crippen molar-refractivity contribution in [1.29, 1.82) is 0 Å². The fraction of sp³-hybridized carbons (Fsp3) is 0.200. The fourth-order valence-corrected chi connectivity index (χ4v) is 2.53. The Kier molecular flexibility index (Phi) is 5.77. The summed E-state index contributed by atoms with van der Waals surface area (Å²) in [5, 5.41) is 6.54. The van der Waals surface area contributed by atoms with E-state index < -0.39 is 29.3 Å². The molecule has 0 aliphatic carbocycles. The second-order valence-electron chi connectivity index (χ2n) is 6.50. The van der Waals surface area contributed by atoms with E-state index in [1.807, 2.05) is 0 Å². The number of halogens is 5. The highest BCUT2D eigenvalue weighted by Gasteiger charge is 2.30. The van der Waals surface area contributed by atoms with Gasteiger partial charge in [-0.25, -0.2) is 0 Å². The molecular formula is C20H16F5N3O2. The molecule has 158 valence electrons. The van der Waals surface area contributed by atoms with Crippen molar-refractivity contribution in [2.45, 2.75) is 25.6 Å². The number of carbonyl (C=O) groups is 1. The van der Waals surface area contributed by atoms with Crippen molar-refractivity contribution < 1.29 is 31.2 Å². The van der Waals surface area contributed by atoms with E-state index in [4.69, 9.17) is 4.42 Å². The quantitative estimate of drug-likeness (QED) is 0.430. The summed E-state index contributed by atoms with van der Waals surface area (Å²) in [4.78, 5) is 12.0. The van der Waals surface area contributed by atoms with Crippen LogP contribution in [0.5, 0.6) is 0 Å². The van der Waals surface area contributed by atoms with Gasteiger partial charge in [0.2, 0.25) is 5.91 Å². The summed E-state index contributed by atoms with van der Waals surface area (Å²) in [5.74, 6) is -3.70. The molecule has 2 aromatic heterocycles. The van der Waals surface area contributed by atoms with Gasteiger partial charge in [-0.1, -0.05) is 12.1 Å². The second kappa shape index (κ2) is 8.13. The Labute approximate surface area is 167 Å². The molecule has 0 unspecified atom stereocenters. The van der Waals surface area contributed by atoms with Crippen molar-refractivity contribution in [2.24, 2.45) is 0 Å². The third kappa shape index (κ3) is 5.56. The Bertz CT molecular complexity index is 1060. The number of rotatable bonds is 6. The van der Waals surface area contributed by atoms with Crippen molar-refractivity contribution in [3.05, 3.63) is 77.4 Å². The molecule has 0 saturated carbocycles. The first-order valence-corrected chi connectivity index (χ1v) is 8.67. The van der Waals surface area contributed by atoms with Crippen LogP contribution in [-0.2, 0) is 23.4 Å². The van der Waals surface area contributed by atoms with E-state index in [9.17, 15) is 26.7 Å². The lowest BCUT2D eigenvalue weighted by molar-refractivity contribution is -0.137. The van der Waals surface area contributed by atoms with Gasteiger partial charge in [0, 0.05) is 25.3 Å². The fourth-order valence-electron chi connectivity index (χ4n) is 2.53. The van der Waals surface area contributed by atoms with Crippen molar-refractivity contribution in [3.8, 4) is 0 Å². The SMILES string of the molecule is CC(F)(F)c1ccc(Cn2ccc(NC(=O)C=Cc3cccc(C(F)(F)F)c3)n2)o1. The topological polar surface area (TPSA) is 60.1 Å². The zero-order valence-corrected chi connectivity index (χ0v) is 15.6. The minimum atomic E-state index is -4.47. The molecule has 0 aliphatic rings. The lowest BCUT2D eigenvalue weighted by Gasteiger charge is -2.06. The molecule has 10 heteroatoms. The minimum Gasteiger partial charge on any atom is -0.458 e. The Morgan fingerprint density at radius 1 is 1.17 bits per heavy atom. The summed E-state index contributed by atoms with van der Waals surface area (Å²) in [6.45, 7) is 0.802. The van der Waals surface area contributed by atoms with Gasteiger partial charge in [0.25, 0.3) is 0 Å². The van der Waals surface area contributed by atoms with Crippen LogP contribution >= 0.6 is 0 Å². The number of benzene rings is 1. The zero-order valence-electron chi connectivity index (χ0n) is 15.6. The second-order valence-corrected chi connectivity index (χ2v) is 6.50. The van der Waals surface area contributed by atoms with Crippen LogP contribution < -0.4 is 5.32 Å². The van der Waals surface area contributed by atoms with Gasteiger partial charge in [-0.2, -0.15) is 27.1 Å². The van der Waals surface area contributed by atoms with Gasteiger partial charge in [-0.05, 0) is 35.9 Å². The summed E-state index contributed by atoms with van der Waals surface area (Å²) in [7, 11) is 0. The number of amides is 1. The molecule has 3 rings (SSSR count). The van der Waals surface area contributed by atoms with Gasteiger partial charge in [-0.3, -0.25) is 9.48 Å². The molecule has 5 nitrogen and oxygen atoms in total. The maximum absolute atomic E-state index is 13.2. The smallest absolute Gasteiger partial charge is 0.416 e. The summed E-state index contributed by atoms with van der Waals surface area (Å²) in [6.07, 6.45) is -0.632. The summed E-state index contributed by atoms with van der Waals surface area (Å²) in [5.41, 5.74) is -0.599. The van der Waals surface area contributed by atoms with Gasteiger partial charge >= 0.3 is 12.1 Å². The van der Waals surface area contributed by atoms with Crippen LogP contribution in [-0.4, -0.2) is 15.7 Å². The van der Waals surface area contributed by atoms with Crippen LogP contribution in [0.4, 0.5) is 27.8 Å². The van der Waals surface area contributed by atoms with Crippen LogP contribution in [0, 0.1) is 0 Å². The van der Waals surface area contributed by atoms with Crippen molar-refractivity contribution in [3.63, 3.8) is 0 Å². The largest absolute Gasteiger partial charge is 0.458 e. The molecule has 1 aromatic carbocycles. The predicted molar refractivity (Wildman–Crippen MR) is 98.7 cm³/mol. The number of hydrogen-bond acceptors (Lipinski definition) is 3. The number of hydrogen-bond donors (Lipinski definition) is 1. The molecule has 0 radical (unpaired) electrons. The van der Waals surface area contributed by atoms with Gasteiger partial charge in [0.05, 0.1) is 12.1 Å². The maximum Gasteiger partial charge on any atom is 0.416 e. The summed E-state index contributed by atoms with van der Waals surface area (Å²) in [6, 6.07) is 8.62. The number of carbonyl (C=O) groups excluding carboxylic acids is 1. The molecule has 0 atom stereocenters. The first-order chi connectivity index (χ1) is 14.0. The standard InChI is InChI=1S/C20H16F5N3O2/c1-19(21,22)16-7-6-15(30-16)12-28-10-9-17(27-28)26-18(29)8-5-13-3-2-4-14(11-13)20(23,24)25/h2-11H,12H2,1H3,(H,26,27,29). The summed E-state index contributed by atoms with van der Waals surface area (Å²) < 4.78 is 71.0. The predicted octanol–water partition coefficient (Wildman–Crippen LogP) is 5.31. The van der Waals surface area contributed by atoms with E-state index in [0.717, 1.165) is 25.1 Å². The number of furan rings is 1. The molecule has 1 amide bonds. The molecule has 30 heavy (non-hydrogen) atoms. The molecule has 0 bridgehead atoms. The number of nitrogens with zero attached hydrogens (tertiary/aromatic N) is 2. The Morgan fingerprint density at radius 2 is 1.93 bits per heavy atom. The van der Waals surface area contributed by atoms with Crippen molar-refractivity contribution in [2.75, 3.05) is 5.32 Å². The molecule has 0 fully saturated rings. The van der Waals surface area contributed by atoms with Crippen LogP contribution in [0.2, 0.25) is 0 Å². The number of alkyl halides is 5. The maximum atomic E-state index is 13.2. The van der Waals surface area contributed by atoms with E-state index in [2.05, 4.69) is 10.4 Å². The van der Waals surface area contributed by atoms with Gasteiger partial charge in [0.1, 0.15) is 5.76 Å². The first-order valence-electron chi connectivity index (χ1n) is 8.67. The number of anilines is 1. The lowest BCUT2D eigenvalue weighted by Crippen LogP contribution is -2.09. The number of aromatic nitrogens is 2. The van der Waals surface area contributed by atoms with E-state index in [-0.39, 0.29) is 23.7 Å². The highest BCUT2D eigenvalue weighted by atomic mass is 19.4. The Hall–Kier alpha value is -3.43. The third-order valence-electron chi connectivity index (χ3n) is 3.95. The molecule has 1 N–H and O–H groups in total. The minimum absolute atomic E-state index is 0.0754. The first kappa shape index (κ1) is 21.3. The zero-order chi connectivity index (χ0) is 21.9.